The predicted molar refractivity (Wildman–Crippen MR) is 176 cm³/mol. The summed E-state index contributed by atoms with van der Waals surface area (Å²) >= 11 is 1.22. The second-order valence-electron chi connectivity index (χ2n) is 11.6. The number of hydrogen-bond donors (Lipinski definition) is 3. The van der Waals surface area contributed by atoms with Crippen molar-refractivity contribution in [2.45, 2.75) is 71.4 Å². The van der Waals surface area contributed by atoms with E-state index in [1.54, 1.807) is 22.5 Å². The Morgan fingerprint density at radius 3 is 2.49 bits per heavy atom. The maximum atomic E-state index is 14.8. The van der Waals surface area contributed by atoms with Crippen LogP contribution in [0.4, 0.5) is 14.5 Å². The largest absolute Gasteiger partial charge is 0.441 e. The van der Waals surface area contributed by atoms with Crippen molar-refractivity contribution in [2.75, 3.05) is 18.2 Å². The fraction of sp³-hybridized carbons (Fsp3) is 0.467. The molecule has 1 amide bonds. The van der Waals surface area contributed by atoms with Crippen molar-refractivity contribution < 1.29 is 40.8 Å². The number of nitrogens with two attached hydrogens (primary N) is 1. The maximum absolute atomic E-state index is 14.8. The first-order valence-corrected chi connectivity index (χ1v) is 18.0. The molecule has 0 radical (unpaired) electrons. The predicted octanol–water partition coefficient (Wildman–Crippen LogP) is 4.30. The molecule has 4 heterocycles. The zero-order chi connectivity index (χ0) is 35.9. The Kier molecular flexibility index (Phi) is 12.7. The molecule has 1 saturated carbocycles. The van der Waals surface area contributed by atoms with Crippen LogP contribution in [0.25, 0.3) is 22.0 Å². The number of pyridine rings is 1. The Balaban J connectivity index is 0.00000101. The standard InChI is InChI=1S/C29H34F2N8O4S.CH4O3S/c1-4-42-19-7-5-18(6-8-19)39-13-21(26(37-39)25-20(30)9-10-23(31)36-25)34-27(40)22-14-44-28(35-22)17-11-33-38(12-17)15-43-29(41)24(32)16(2)3;1-5(2,3)4/h9-14,16,18-19,24H,4-8,15,32H2,1-3H3,(H,34,40);1H3,(H,2,3,4)/t18?,19?,24-;/m0./s1. The van der Waals surface area contributed by atoms with Crippen LogP contribution in [0.15, 0.2) is 36.1 Å². The summed E-state index contributed by atoms with van der Waals surface area (Å²) in [5, 5.41) is 13.6. The van der Waals surface area contributed by atoms with E-state index in [1.165, 1.54) is 22.2 Å². The van der Waals surface area contributed by atoms with Crippen molar-refractivity contribution in [1.82, 2.24) is 29.5 Å². The van der Waals surface area contributed by atoms with Crippen LogP contribution >= 0.6 is 11.3 Å². The minimum Gasteiger partial charge on any atom is -0.441 e. The van der Waals surface area contributed by atoms with Crippen LogP contribution in [0.2, 0.25) is 0 Å². The summed E-state index contributed by atoms with van der Waals surface area (Å²) in [6, 6.07) is 1.16. The first kappa shape index (κ1) is 37.6. The van der Waals surface area contributed by atoms with Gasteiger partial charge in [0.05, 0.1) is 30.3 Å². The van der Waals surface area contributed by atoms with Crippen molar-refractivity contribution in [3.8, 4) is 22.0 Å². The Labute approximate surface area is 285 Å². The van der Waals surface area contributed by atoms with Gasteiger partial charge < -0.3 is 20.5 Å². The summed E-state index contributed by atoms with van der Waals surface area (Å²) in [5.41, 5.74) is 6.44. The normalized spacial score (nSPS) is 16.9. The number of anilines is 1. The van der Waals surface area contributed by atoms with Crippen molar-refractivity contribution in [3.63, 3.8) is 0 Å². The lowest BCUT2D eigenvalue weighted by atomic mass is 9.93. The van der Waals surface area contributed by atoms with Gasteiger partial charge in [0.15, 0.2) is 12.5 Å². The van der Waals surface area contributed by atoms with Crippen molar-refractivity contribution in [2.24, 2.45) is 11.7 Å². The molecule has 0 bridgehead atoms. The van der Waals surface area contributed by atoms with E-state index in [-0.39, 0.29) is 47.6 Å². The Bertz CT molecular complexity index is 1850. The van der Waals surface area contributed by atoms with E-state index in [1.807, 2.05) is 20.8 Å². The van der Waals surface area contributed by atoms with Crippen LogP contribution in [-0.4, -0.2) is 79.4 Å². The number of nitrogens with zero attached hydrogens (tertiary/aromatic N) is 6. The summed E-state index contributed by atoms with van der Waals surface area (Å²) in [6.07, 6.45) is 8.93. The quantitative estimate of drug-likeness (QED) is 0.112. The van der Waals surface area contributed by atoms with Crippen molar-refractivity contribution >= 4 is 39.0 Å². The number of halogens is 2. The Hall–Kier alpha value is -4.17. The summed E-state index contributed by atoms with van der Waals surface area (Å²) in [4.78, 5) is 33.5. The molecule has 1 fully saturated rings. The van der Waals surface area contributed by atoms with Gasteiger partial charge in [-0.1, -0.05) is 13.8 Å². The van der Waals surface area contributed by atoms with Crippen LogP contribution in [0.5, 0.6) is 0 Å². The number of thiazole rings is 1. The highest BCUT2D eigenvalue weighted by molar-refractivity contribution is 7.85. The van der Waals surface area contributed by atoms with Gasteiger partial charge in [0.25, 0.3) is 16.0 Å². The fourth-order valence-electron chi connectivity index (χ4n) is 4.88. The van der Waals surface area contributed by atoms with Gasteiger partial charge in [0.1, 0.15) is 28.1 Å². The van der Waals surface area contributed by atoms with Gasteiger partial charge >= 0.3 is 5.97 Å². The zero-order valence-electron chi connectivity index (χ0n) is 27.2. The lowest BCUT2D eigenvalue weighted by molar-refractivity contribution is -0.150. The molecule has 5 rings (SSSR count). The molecule has 4 aromatic rings. The molecule has 0 saturated heterocycles. The van der Waals surface area contributed by atoms with E-state index >= 15 is 0 Å². The maximum Gasteiger partial charge on any atom is 0.324 e. The summed E-state index contributed by atoms with van der Waals surface area (Å²) in [7, 11) is -3.67. The second kappa shape index (κ2) is 16.5. The molecular formula is C30H38F2N8O7S2. The average molecular weight is 725 g/mol. The van der Waals surface area contributed by atoms with Crippen LogP contribution < -0.4 is 11.1 Å². The van der Waals surface area contributed by atoms with Crippen LogP contribution in [0.3, 0.4) is 0 Å². The number of aromatic nitrogens is 6. The third-order valence-electron chi connectivity index (χ3n) is 7.38. The number of amides is 1. The second-order valence-corrected chi connectivity index (χ2v) is 13.9. The molecule has 0 spiro atoms. The van der Waals surface area contributed by atoms with Gasteiger partial charge in [-0.2, -0.15) is 23.0 Å². The molecule has 49 heavy (non-hydrogen) atoms. The molecule has 1 aliphatic carbocycles. The Morgan fingerprint density at radius 2 is 1.84 bits per heavy atom. The van der Waals surface area contributed by atoms with E-state index in [0.717, 1.165) is 37.8 Å². The van der Waals surface area contributed by atoms with Gasteiger partial charge in [0, 0.05) is 29.9 Å². The number of carbonyl (C=O) groups is 2. The molecule has 0 aliphatic heterocycles. The lowest BCUT2D eigenvalue weighted by Gasteiger charge is -2.28. The molecule has 266 valence electrons. The van der Waals surface area contributed by atoms with E-state index in [4.69, 9.17) is 19.8 Å². The van der Waals surface area contributed by atoms with E-state index < -0.39 is 39.8 Å². The highest BCUT2D eigenvalue weighted by Crippen LogP contribution is 2.34. The average Bonchev–Trinajstić information content (AvgIpc) is 3.81. The lowest BCUT2D eigenvalue weighted by Crippen LogP contribution is -2.37. The van der Waals surface area contributed by atoms with Gasteiger partial charge in [-0.3, -0.25) is 18.8 Å². The van der Waals surface area contributed by atoms with Gasteiger partial charge in [0.2, 0.25) is 5.95 Å². The zero-order valence-corrected chi connectivity index (χ0v) is 28.9. The first-order valence-electron chi connectivity index (χ1n) is 15.3. The molecule has 15 nitrogen and oxygen atoms in total. The van der Waals surface area contributed by atoms with E-state index in [2.05, 4.69) is 25.5 Å². The highest BCUT2D eigenvalue weighted by atomic mass is 32.2. The van der Waals surface area contributed by atoms with Crippen LogP contribution in [0.1, 0.15) is 63.0 Å². The molecule has 0 aromatic carbocycles. The minimum absolute atomic E-state index is 0.00414. The number of esters is 1. The van der Waals surface area contributed by atoms with Gasteiger partial charge in [-0.15, -0.1) is 11.3 Å². The first-order chi connectivity index (χ1) is 23.1. The number of ether oxygens (including phenoxy) is 2. The van der Waals surface area contributed by atoms with E-state index in [9.17, 15) is 26.8 Å². The third kappa shape index (κ3) is 10.7. The molecule has 0 unspecified atom stereocenters. The monoisotopic (exact) mass is 724 g/mol. The SMILES string of the molecule is CCOC1CCC(n2cc(NC(=O)c3csc(-c4cnn(COC(=O)[C@@H](N)C(C)C)c4)n3)c(-c3nc(F)ccc3F)n2)CC1.CS(=O)(=O)O. The molecular weight excluding hydrogens is 687 g/mol. The molecule has 19 heteroatoms. The number of rotatable bonds is 11. The van der Waals surface area contributed by atoms with Crippen LogP contribution in [-0.2, 0) is 31.1 Å². The van der Waals surface area contributed by atoms with Crippen molar-refractivity contribution in [1.29, 1.82) is 0 Å². The van der Waals surface area contributed by atoms with Gasteiger partial charge in [-0.05, 0) is 50.7 Å². The topological polar surface area (TPSA) is 206 Å². The fourth-order valence-corrected chi connectivity index (χ4v) is 5.66. The number of nitrogens with one attached hydrogen (secondary N) is 1. The third-order valence-corrected chi connectivity index (χ3v) is 8.27. The molecule has 4 aromatic heterocycles. The molecule has 1 atom stereocenters. The summed E-state index contributed by atoms with van der Waals surface area (Å²) in [6.45, 7) is 6.14. The van der Waals surface area contributed by atoms with Gasteiger partial charge in [-0.25, -0.2) is 19.0 Å². The Morgan fingerprint density at radius 1 is 1.14 bits per heavy atom. The summed E-state index contributed by atoms with van der Waals surface area (Å²) in [5.74, 6) is -2.79. The minimum atomic E-state index is -3.67. The summed E-state index contributed by atoms with van der Waals surface area (Å²) < 4.78 is 68.8. The molecule has 1 aliphatic rings. The van der Waals surface area contributed by atoms with Crippen LogP contribution in [0, 0.1) is 17.7 Å². The van der Waals surface area contributed by atoms with Crippen molar-refractivity contribution in [3.05, 3.63) is 53.6 Å². The number of hydrogen-bond acceptors (Lipinski definition) is 12. The smallest absolute Gasteiger partial charge is 0.324 e. The highest BCUT2D eigenvalue weighted by Gasteiger charge is 2.27. The molecule has 4 N–H and O–H groups in total. The van der Waals surface area contributed by atoms with E-state index in [0.29, 0.717) is 23.4 Å². The number of carbonyl (C=O) groups excluding carboxylic acids is 2.